The zero-order valence-electron chi connectivity index (χ0n) is 6.88. The minimum absolute atomic E-state index is 0.0931. The molecule has 1 aromatic heterocycles. The first-order chi connectivity index (χ1) is 6.52. The van der Waals surface area contributed by atoms with Gasteiger partial charge in [-0.2, -0.15) is 0 Å². The van der Waals surface area contributed by atoms with Gasteiger partial charge in [-0.15, -0.1) is 0 Å². The monoisotopic (exact) mass is 313 g/mol. The molecule has 1 aromatic rings. The van der Waals surface area contributed by atoms with E-state index in [1.807, 2.05) is 22.6 Å². The van der Waals surface area contributed by atoms with Crippen molar-refractivity contribution in [2.45, 2.75) is 12.8 Å². The minimum Gasteiger partial charge on any atom is -0.481 e. The van der Waals surface area contributed by atoms with Crippen LogP contribution in [0.15, 0.2) is 12.3 Å². The van der Waals surface area contributed by atoms with Crippen LogP contribution >= 0.6 is 22.6 Å². The molecule has 76 valence electrons. The van der Waals surface area contributed by atoms with Gasteiger partial charge in [0, 0.05) is 15.3 Å². The summed E-state index contributed by atoms with van der Waals surface area (Å²) in [6, 6.07) is 1.50. The predicted octanol–water partition coefficient (Wildman–Crippen LogP) is 2.25. The average molecular weight is 313 g/mol. The van der Waals surface area contributed by atoms with Crippen molar-refractivity contribution < 1.29 is 18.7 Å². The molecule has 14 heavy (non-hydrogen) atoms. The summed E-state index contributed by atoms with van der Waals surface area (Å²) in [4.78, 5) is 13.9. The number of carboxylic acids is 1. The molecular formula is C8H6F2INO2. The van der Waals surface area contributed by atoms with Crippen LogP contribution in [-0.4, -0.2) is 16.1 Å². The molecule has 0 aromatic carbocycles. The Hall–Kier alpha value is -0.790. The van der Waals surface area contributed by atoms with Crippen LogP contribution in [0.5, 0.6) is 0 Å². The molecule has 0 saturated carbocycles. The van der Waals surface area contributed by atoms with E-state index < -0.39 is 24.5 Å². The molecule has 3 nitrogen and oxygen atoms in total. The molecule has 0 aliphatic heterocycles. The second-order valence-corrected chi connectivity index (χ2v) is 3.69. The molecular weight excluding hydrogens is 307 g/mol. The largest absolute Gasteiger partial charge is 0.481 e. The van der Waals surface area contributed by atoms with Gasteiger partial charge in [-0.25, -0.2) is 8.78 Å². The van der Waals surface area contributed by atoms with Crippen LogP contribution in [0.3, 0.4) is 0 Å². The lowest BCUT2D eigenvalue weighted by Crippen LogP contribution is -2.07. The topological polar surface area (TPSA) is 50.2 Å². The molecule has 0 amide bonds. The fourth-order valence-electron chi connectivity index (χ4n) is 0.998. The fraction of sp³-hybridized carbons (Fsp3) is 0.250. The zero-order chi connectivity index (χ0) is 10.7. The van der Waals surface area contributed by atoms with Gasteiger partial charge in [0.1, 0.15) is 5.69 Å². The van der Waals surface area contributed by atoms with Crippen LogP contribution in [0.4, 0.5) is 8.78 Å². The van der Waals surface area contributed by atoms with Crippen molar-refractivity contribution >= 4 is 28.6 Å². The summed E-state index contributed by atoms with van der Waals surface area (Å²) in [6.07, 6.45) is -1.92. The lowest BCUT2D eigenvalue weighted by atomic mass is 10.1. The Morgan fingerprint density at radius 3 is 2.79 bits per heavy atom. The SMILES string of the molecule is O=C(O)Cc1c(I)ccnc1C(F)F. The second-order valence-electron chi connectivity index (χ2n) is 2.53. The van der Waals surface area contributed by atoms with Gasteiger partial charge in [0.2, 0.25) is 0 Å². The van der Waals surface area contributed by atoms with Gasteiger partial charge < -0.3 is 5.11 Å². The molecule has 1 heterocycles. The summed E-state index contributed by atoms with van der Waals surface area (Å²) >= 11 is 1.82. The molecule has 0 aliphatic carbocycles. The van der Waals surface area contributed by atoms with Crippen LogP contribution in [0, 0.1) is 3.57 Å². The molecule has 0 saturated heterocycles. The van der Waals surface area contributed by atoms with E-state index in [0.717, 1.165) is 0 Å². The van der Waals surface area contributed by atoms with Crippen LogP contribution in [0.1, 0.15) is 17.7 Å². The lowest BCUT2D eigenvalue weighted by molar-refractivity contribution is -0.136. The molecule has 0 spiro atoms. The number of carbonyl (C=O) groups is 1. The highest BCUT2D eigenvalue weighted by atomic mass is 127. The highest BCUT2D eigenvalue weighted by Crippen LogP contribution is 2.24. The first kappa shape index (κ1) is 11.3. The first-order valence-electron chi connectivity index (χ1n) is 3.65. The normalized spacial score (nSPS) is 10.6. The summed E-state index contributed by atoms with van der Waals surface area (Å²) < 4.78 is 25.3. The Labute approximate surface area is 92.3 Å². The van der Waals surface area contributed by atoms with Crippen molar-refractivity contribution in [2.24, 2.45) is 0 Å². The van der Waals surface area contributed by atoms with Gasteiger partial charge >= 0.3 is 5.97 Å². The van der Waals surface area contributed by atoms with E-state index in [0.29, 0.717) is 3.57 Å². The van der Waals surface area contributed by atoms with Gasteiger partial charge in [0.15, 0.2) is 0 Å². The average Bonchev–Trinajstić information content (AvgIpc) is 2.07. The van der Waals surface area contributed by atoms with Crippen molar-refractivity contribution in [3.05, 3.63) is 27.1 Å². The third kappa shape index (κ3) is 2.60. The van der Waals surface area contributed by atoms with E-state index in [9.17, 15) is 13.6 Å². The Balaban J connectivity index is 3.15. The Morgan fingerprint density at radius 2 is 2.29 bits per heavy atom. The maximum absolute atomic E-state index is 12.4. The molecule has 1 N–H and O–H groups in total. The highest BCUT2D eigenvalue weighted by molar-refractivity contribution is 14.1. The van der Waals surface area contributed by atoms with Crippen LogP contribution in [-0.2, 0) is 11.2 Å². The van der Waals surface area contributed by atoms with Crippen molar-refractivity contribution in [1.82, 2.24) is 4.98 Å². The van der Waals surface area contributed by atoms with Gasteiger partial charge in [-0.1, -0.05) is 0 Å². The third-order valence-electron chi connectivity index (χ3n) is 1.57. The number of aliphatic carboxylic acids is 1. The van der Waals surface area contributed by atoms with E-state index in [-0.39, 0.29) is 5.56 Å². The molecule has 0 radical (unpaired) electrons. The van der Waals surface area contributed by atoms with Crippen LogP contribution < -0.4 is 0 Å². The summed E-state index contributed by atoms with van der Waals surface area (Å²) in [5.41, 5.74) is -0.352. The maximum atomic E-state index is 12.4. The van der Waals surface area contributed by atoms with Crippen LogP contribution in [0.25, 0.3) is 0 Å². The summed E-state index contributed by atoms with van der Waals surface area (Å²) in [7, 11) is 0. The van der Waals surface area contributed by atoms with Crippen molar-refractivity contribution in [2.75, 3.05) is 0 Å². The van der Waals surface area contributed by atoms with Gasteiger partial charge in [0.05, 0.1) is 6.42 Å². The molecule has 0 bridgehead atoms. The number of rotatable bonds is 3. The molecule has 1 rings (SSSR count). The number of nitrogens with zero attached hydrogens (tertiary/aromatic N) is 1. The number of carboxylic acid groups (broad SMARTS) is 1. The first-order valence-corrected chi connectivity index (χ1v) is 4.73. The highest BCUT2D eigenvalue weighted by Gasteiger charge is 2.18. The minimum atomic E-state index is -2.74. The van der Waals surface area contributed by atoms with E-state index in [1.165, 1.54) is 12.3 Å². The van der Waals surface area contributed by atoms with Crippen molar-refractivity contribution in [3.8, 4) is 0 Å². The number of aromatic nitrogens is 1. The molecule has 0 unspecified atom stereocenters. The van der Waals surface area contributed by atoms with Gasteiger partial charge in [-0.3, -0.25) is 9.78 Å². The van der Waals surface area contributed by atoms with Crippen molar-refractivity contribution in [3.63, 3.8) is 0 Å². The Kier molecular flexibility index (Phi) is 3.73. The predicted molar refractivity (Wildman–Crippen MR) is 53.3 cm³/mol. The number of hydrogen-bond donors (Lipinski definition) is 1. The second kappa shape index (κ2) is 4.63. The van der Waals surface area contributed by atoms with E-state index in [2.05, 4.69) is 4.98 Å². The molecule has 0 atom stereocenters. The van der Waals surface area contributed by atoms with Crippen LogP contribution in [0.2, 0.25) is 0 Å². The van der Waals surface area contributed by atoms with Gasteiger partial charge in [0.25, 0.3) is 6.43 Å². The van der Waals surface area contributed by atoms with Gasteiger partial charge in [-0.05, 0) is 28.7 Å². The maximum Gasteiger partial charge on any atom is 0.307 e. The molecule has 0 aliphatic rings. The Bertz CT molecular complexity index is 357. The Morgan fingerprint density at radius 1 is 1.64 bits per heavy atom. The van der Waals surface area contributed by atoms with E-state index in [4.69, 9.17) is 5.11 Å². The smallest absolute Gasteiger partial charge is 0.307 e. The molecule has 0 fully saturated rings. The number of halogens is 3. The fourth-order valence-corrected chi connectivity index (χ4v) is 1.63. The number of hydrogen-bond acceptors (Lipinski definition) is 2. The summed E-state index contributed by atoms with van der Waals surface area (Å²) in [5.74, 6) is -1.14. The van der Waals surface area contributed by atoms with E-state index >= 15 is 0 Å². The zero-order valence-corrected chi connectivity index (χ0v) is 9.03. The summed E-state index contributed by atoms with van der Waals surface area (Å²) in [5, 5.41) is 8.52. The summed E-state index contributed by atoms with van der Waals surface area (Å²) in [6.45, 7) is 0. The molecule has 6 heteroatoms. The lowest BCUT2D eigenvalue weighted by Gasteiger charge is -2.07. The quantitative estimate of drug-likeness (QED) is 0.871. The standard InChI is InChI=1S/C8H6F2INO2/c9-8(10)7-4(3-6(13)14)5(11)1-2-12-7/h1-2,8H,3H2,(H,13,14). The third-order valence-corrected chi connectivity index (χ3v) is 2.58. The van der Waals surface area contributed by atoms with Crippen molar-refractivity contribution in [1.29, 1.82) is 0 Å². The number of alkyl halides is 2. The van der Waals surface area contributed by atoms with E-state index in [1.54, 1.807) is 0 Å². The number of pyridine rings is 1.